The summed E-state index contributed by atoms with van der Waals surface area (Å²) >= 11 is 5.56. The molecule has 0 amide bonds. The van der Waals surface area contributed by atoms with Gasteiger partial charge in [-0.25, -0.2) is 14.8 Å². The zero-order chi connectivity index (χ0) is 14.7. The van der Waals surface area contributed by atoms with Gasteiger partial charge in [0.25, 0.3) is 0 Å². The Labute approximate surface area is 126 Å². The number of halogens is 1. The number of benzene rings is 1. The quantitative estimate of drug-likeness (QED) is 0.549. The molecule has 0 N–H and O–H groups in total. The molecule has 0 saturated carbocycles. The molecule has 3 rings (SSSR count). The summed E-state index contributed by atoms with van der Waals surface area (Å²) < 4.78 is 6.81. The second kappa shape index (κ2) is 5.93. The molecule has 0 saturated heterocycles. The van der Waals surface area contributed by atoms with Gasteiger partial charge in [0.05, 0.1) is 11.4 Å². The molecule has 0 unspecified atom stereocenters. The summed E-state index contributed by atoms with van der Waals surface area (Å²) in [7, 11) is 0. The van der Waals surface area contributed by atoms with Crippen LogP contribution in [0.2, 0.25) is 0 Å². The van der Waals surface area contributed by atoms with Gasteiger partial charge in [-0.1, -0.05) is 18.2 Å². The van der Waals surface area contributed by atoms with Crippen LogP contribution < -0.4 is 0 Å². The third-order valence-electron chi connectivity index (χ3n) is 2.98. The van der Waals surface area contributed by atoms with Crippen LogP contribution in [0.1, 0.15) is 10.5 Å². The topological polar surface area (TPSA) is 57.0 Å². The first-order valence-corrected chi connectivity index (χ1v) is 6.95. The number of carbonyl (C=O) groups excluding carboxylic acids is 1. The van der Waals surface area contributed by atoms with Gasteiger partial charge in [-0.2, -0.15) is 0 Å². The average molecular weight is 302 g/mol. The average Bonchev–Trinajstić information content (AvgIpc) is 2.93. The van der Waals surface area contributed by atoms with E-state index in [1.165, 1.54) is 0 Å². The van der Waals surface area contributed by atoms with E-state index in [-0.39, 0.29) is 12.5 Å². The Kier molecular flexibility index (Phi) is 3.83. The van der Waals surface area contributed by atoms with Crippen molar-refractivity contribution < 1.29 is 9.53 Å². The lowest BCUT2D eigenvalue weighted by Gasteiger charge is -2.08. The lowest BCUT2D eigenvalue weighted by Crippen LogP contribution is -2.13. The largest absolute Gasteiger partial charge is 0.460 e. The lowest BCUT2D eigenvalue weighted by molar-refractivity contribution is 0.0520. The molecule has 2 heterocycles. The highest BCUT2D eigenvalue weighted by Gasteiger charge is 2.19. The lowest BCUT2D eigenvalue weighted by atomic mass is 10.2. The fraction of sp³-hybridized carbons (Fsp3) is 0.133. The fourth-order valence-corrected chi connectivity index (χ4v) is 2.21. The van der Waals surface area contributed by atoms with Crippen molar-refractivity contribution in [3.63, 3.8) is 0 Å². The molecule has 0 aliphatic rings. The van der Waals surface area contributed by atoms with Gasteiger partial charge in [-0.05, 0) is 18.2 Å². The zero-order valence-electron chi connectivity index (χ0n) is 11.1. The highest BCUT2D eigenvalue weighted by Crippen LogP contribution is 2.23. The second-order valence-corrected chi connectivity index (χ2v) is 4.68. The molecule has 3 aromatic rings. The van der Waals surface area contributed by atoms with Crippen LogP contribution in [-0.2, 0) is 4.74 Å². The van der Waals surface area contributed by atoms with Crippen molar-refractivity contribution in [2.24, 2.45) is 0 Å². The first-order valence-electron chi connectivity index (χ1n) is 6.42. The maximum atomic E-state index is 12.2. The molecule has 1 aromatic carbocycles. The van der Waals surface area contributed by atoms with Crippen molar-refractivity contribution in [2.75, 3.05) is 12.5 Å². The molecule has 5 nitrogen and oxygen atoms in total. The maximum Gasteiger partial charge on any atom is 0.355 e. The maximum absolute atomic E-state index is 12.2. The van der Waals surface area contributed by atoms with Gasteiger partial charge >= 0.3 is 5.97 Å². The molecule has 106 valence electrons. The molecule has 0 atom stereocenters. The molecule has 0 radical (unpaired) electrons. The van der Waals surface area contributed by atoms with Crippen molar-refractivity contribution in [3.05, 3.63) is 54.5 Å². The summed E-state index contributed by atoms with van der Waals surface area (Å²) in [6.07, 6.45) is 3.26. The Morgan fingerprint density at radius 1 is 1.19 bits per heavy atom. The normalized spacial score (nSPS) is 10.7. The van der Waals surface area contributed by atoms with Crippen molar-refractivity contribution in [3.8, 4) is 5.95 Å². The third-order valence-corrected chi connectivity index (χ3v) is 3.14. The van der Waals surface area contributed by atoms with Crippen molar-refractivity contribution in [1.82, 2.24) is 14.5 Å². The van der Waals surface area contributed by atoms with Crippen LogP contribution in [0.25, 0.3) is 16.9 Å². The number of nitrogens with zero attached hydrogens (tertiary/aromatic N) is 3. The van der Waals surface area contributed by atoms with Crippen LogP contribution in [-0.4, -0.2) is 33.0 Å². The van der Waals surface area contributed by atoms with Gasteiger partial charge in [-0.15, -0.1) is 11.6 Å². The molecule has 0 fully saturated rings. The Morgan fingerprint density at radius 2 is 1.95 bits per heavy atom. The van der Waals surface area contributed by atoms with E-state index in [0.29, 0.717) is 11.6 Å². The van der Waals surface area contributed by atoms with E-state index in [1.807, 2.05) is 24.3 Å². The number of alkyl halides is 1. The number of rotatable bonds is 4. The number of para-hydroxylation sites is 1. The van der Waals surface area contributed by atoms with Crippen molar-refractivity contribution >= 4 is 28.5 Å². The summed E-state index contributed by atoms with van der Waals surface area (Å²) in [5.41, 5.74) is 1.23. The minimum Gasteiger partial charge on any atom is -0.460 e. The van der Waals surface area contributed by atoms with E-state index in [4.69, 9.17) is 16.3 Å². The number of esters is 1. The van der Waals surface area contributed by atoms with Gasteiger partial charge in [-0.3, -0.25) is 4.57 Å². The highest BCUT2D eigenvalue weighted by molar-refractivity contribution is 6.18. The van der Waals surface area contributed by atoms with Crippen molar-refractivity contribution in [1.29, 1.82) is 0 Å². The smallest absolute Gasteiger partial charge is 0.355 e. The van der Waals surface area contributed by atoms with Crippen LogP contribution in [0.4, 0.5) is 0 Å². The SMILES string of the molecule is O=C(OCCCl)c1cc2ccccc2n1-c1ncccn1. The number of fused-ring (bicyclic) bond motifs is 1. The van der Waals surface area contributed by atoms with Crippen LogP contribution in [0, 0.1) is 0 Å². The van der Waals surface area contributed by atoms with Crippen LogP contribution in [0.5, 0.6) is 0 Å². The molecule has 2 aromatic heterocycles. The van der Waals surface area contributed by atoms with Crippen LogP contribution in [0.3, 0.4) is 0 Å². The predicted molar refractivity (Wildman–Crippen MR) is 79.9 cm³/mol. The molecule has 0 aliphatic heterocycles. The highest BCUT2D eigenvalue weighted by atomic mass is 35.5. The summed E-state index contributed by atoms with van der Waals surface area (Å²) in [6, 6.07) is 11.1. The van der Waals surface area contributed by atoms with Gasteiger partial charge in [0.15, 0.2) is 0 Å². The molecule has 6 heteroatoms. The summed E-state index contributed by atoms with van der Waals surface area (Å²) in [5.74, 6) is 0.240. The van der Waals surface area contributed by atoms with E-state index in [0.717, 1.165) is 10.9 Å². The molecule has 0 aliphatic carbocycles. The Bertz CT molecular complexity index is 771. The van der Waals surface area contributed by atoms with Gasteiger partial charge in [0, 0.05) is 17.8 Å². The minimum atomic E-state index is -0.445. The zero-order valence-corrected chi connectivity index (χ0v) is 11.8. The monoisotopic (exact) mass is 301 g/mol. The van der Waals surface area contributed by atoms with Crippen molar-refractivity contribution in [2.45, 2.75) is 0 Å². The molecule has 0 spiro atoms. The van der Waals surface area contributed by atoms with E-state index < -0.39 is 5.97 Å². The number of aromatic nitrogens is 3. The van der Waals surface area contributed by atoms with Gasteiger partial charge in [0.2, 0.25) is 5.95 Å². The van der Waals surface area contributed by atoms with E-state index >= 15 is 0 Å². The molecule has 0 bridgehead atoms. The van der Waals surface area contributed by atoms with Gasteiger partial charge < -0.3 is 4.74 Å². The summed E-state index contributed by atoms with van der Waals surface area (Å²) in [5, 5.41) is 0.919. The first-order chi connectivity index (χ1) is 10.3. The summed E-state index contributed by atoms with van der Waals surface area (Å²) in [6.45, 7) is 0.164. The van der Waals surface area contributed by atoms with E-state index in [2.05, 4.69) is 9.97 Å². The number of hydrogen-bond donors (Lipinski definition) is 0. The fourth-order valence-electron chi connectivity index (χ4n) is 2.13. The van der Waals surface area contributed by atoms with E-state index in [1.54, 1.807) is 29.1 Å². The Hall–Kier alpha value is -2.40. The predicted octanol–water partition coefficient (Wildman–Crippen LogP) is 2.82. The molecular formula is C15H12ClN3O2. The van der Waals surface area contributed by atoms with Gasteiger partial charge in [0.1, 0.15) is 12.3 Å². The number of carbonyl (C=O) groups is 1. The van der Waals surface area contributed by atoms with Crippen LogP contribution in [0.15, 0.2) is 48.8 Å². The second-order valence-electron chi connectivity index (χ2n) is 4.30. The summed E-state index contributed by atoms with van der Waals surface area (Å²) in [4.78, 5) is 20.6. The third kappa shape index (κ3) is 2.60. The minimum absolute atomic E-state index is 0.164. The number of hydrogen-bond acceptors (Lipinski definition) is 4. The number of ether oxygens (including phenoxy) is 1. The Balaban J connectivity index is 2.17. The molecular weight excluding hydrogens is 290 g/mol. The first kappa shape index (κ1) is 13.6. The standard InChI is InChI=1S/C15H12ClN3O2/c16-6-9-21-14(20)13-10-11-4-1-2-5-12(11)19(13)15-17-7-3-8-18-15/h1-5,7-8,10H,6,9H2. The molecule has 21 heavy (non-hydrogen) atoms. The van der Waals surface area contributed by atoms with E-state index in [9.17, 15) is 4.79 Å². The Morgan fingerprint density at radius 3 is 2.71 bits per heavy atom. The van der Waals surface area contributed by atoms with Crippen LogP contribution >= 0.6 is 11.6 Å².